The number of rotatable bonds is 5. The molecule has 4 aromatic rings. The minimum atomic E-state index is -2.83. The summed E-state index contributed by atoms with van der Waals surface area (Å²) in [6, 6.07) is 11.9. The van der Waals surface area contributed by atoms with E-state index in [0.29, 0.717) is 23.4 Å². The number of aromatic amines is 1. The molecule has 0 aliphatic heterocycles. The third kappa shape index (κ3) is 5.34. The Hall–Kier alpha value is -2.55. The van der Waals surface area contributed by atoms with E-state index < -0.39 is 26.0 Å². The molecule has 1 unspecified atom stereocenters. The number of hydrogen-bond acceptors (Lipinski definition) is 4. The van der Waals surface area contributed by atoms with Gasteiger partial charge in [-0.3, -0.25) is 4.57 Å². The fraction of sp³-hybridized carbons (Fsp3) is 0.370. The molecule has 186 valence electrons. The topological polar surface area (TPSA) is 81.2 Å². The maximum absolute atomic E-state index is 14.1. The Kier molecular flexibility index (Phi) is 6.45. The van der Waals surface area contributed by atoms with E-state index in [4.69, 9.17) is 4.74 Å². The van der Waals surface area contributed by atoms with Gasteiger partial charge in [0.2, 0.25) is 0 Å². The second-order valence-corrected chi connectivity index (χ2v) is 17.2. The van der Waals surface area contributed by atoms with Gasteiger partial charge < -0.3 is 18.9 Å². The van der Waals surface area contributed by atoms with Gasteiger partial charge in [-0.1, -0.05) is 17.7 Å². The van der Waals surface area contributed by atoms with Gasteiger partial charge in [-0.25, -0.2) is 4.79 Å². The molecule has 1 N–H and O–H groups in total. The minimum Gasteiger partial charge on any atom is -0.443 e. The van der Waals surface area contributed by atoms with Crippen LogP contribution in [0, 0.1) is 6.92 Å². The number of aryl methyl sites for hydroxylation is 2. The highest BCUT2D eigenvalue weighted by molar-refractivity contribution is 7.71. The molecule has 0 radical (unpaired) electrons. The molecular formula is C27H34N2O4P2. The van der Waals surface area contributed by atoms with Gasteiger partial charge in [0.15, 0.2) is 0 Å². The highest BCUT2D eigenvalue weighted by Crippen LogP contribution is 2.44. The molecular weight excluding hydrogens is 478 g/mol. The molecule has 8 heteroatoms. The number of nitrogens with one attached hydrogen (secondary N) is 1. The summed E-state index contributed by atoms with van der Waals surface area (Å²) in [5.74, 6) is 0. The zero-order valence-corrected chi connectivity index (χ0v) is 23.3. The molecule has 4 rings (SSSR count). The summed E-state index contributed by atoms with van der Waals surface area (Å²) in [7, 11) is -5.25. The first-order valence-corrected chi connectivity index (χ1v) is 16.7. The van der Waals surface area contributed by atoms with Gasteiger partial charge in [0, 0.05) is 45.5 Å². The first-order chi connectivity index (χ1) is 16.2. The summed E-state index contributed by atoms with van der Waals surface area (Å²) in [6.45, 7) is 12.8. The summed E-state index contributed by atoms with van der Waals surface area (Å²) in [4.78, 5) is 16.1. The molecule has 2 aromatic carbocycles. The Morgan fingerprint density at radius 1 is 1.00 bits per heavy atom. The number of ether oxygens (including phenoxy) is 1. The van der Waals surface area contributed by atoms with Crippen LogP contribution in [0.3, 0.4) is 0 Å². The molecule has 2 heterocycles. The van der Waals surface area contributed by atoms with Crippen LogP contribution in [0.4, 0.5) is 4.79 Å². The number of H-pyrrole nitrogens is 1. The number of nitrogens with zero attached hydrogens (tertiary/aromatic N) is 1. The number of fused-ring (bicyclic) bond motifs is 2. The van der Waals surface area contributed by atoms with E-state index in [0.717, 1.165) is 32.7 Å². The molecule has 0 aliphatic rings. The van der Waals surface area contributed by atoms with E-state index >= 15 is 0 Å². The Morgan fingerprint density at radius 3 is 2.37 bits per heavy atom. The molecule has 35 heavy (non-hydrogen) atoms. The average molecular weight is 513 g/mol. The Labute approximate surface area is 206 Å². The first kappa shape index (κ1) is 25.5. The van der Waals surface area contributed by atoms with Crippen molar-refractivity contribution in [3.8, 4) is 0 Å². The van der Waals surface area contributed by atoms with Gasteiger partial charge in [0.05, 0.1) is 5.52 Å². The highest BCUT2D eigenvalue weighted by atomic mass is 31.2. The van der Waals surface area contributed by atoms with Crippen molar-refractivity contribution >= 4 is 52.8 Å². The molecule has 6 nitrogen and oxygen atoms in total. The zero-order chi connectivity index (χ0) is 25.8. The Morgan fingerprint density at radius 2 is 1.71 bits per heavy atom. The van der Waals surface area contributed by atoms with Gasteiger partial charge in [0.25, 0.3) is 0 Å². The molecule has 0 saturated heterocycles. The van der Waals surface area contributed by atoms with Gasteiger partial charge in [-0.2, -0.15) is 0 Å². The SMILES string of the molecule is Cc1ccc2c(c1)c(P(C)(=O)CCc1ccc3[nH]cc(P(C)(C)=O)c3c1)cn2C(=O)OC(C)(C)C. The van der Waals surface area contributed by atoms with Gasteiger partial charge >= 0.3 is 6.09 Å². The van der Waals surface area contributed by atoms with Crippen molar-refractivity contribution in [1.29, 1.82) is 0 Å². The van der Waals surface area contributed by atoms with Crippen molar-refractivity contribution in [3.63, 3.8) is 0 Å². The van der Waals surface area contributed by atoms with Crippen LogP contribution < -0.4 is 10.6 Å². The summed E-state index contributed by atoms with van der Waals surface area (Å²) in [6.07, 6.45) is 4.10. The van der Waals surface area contributed by atoms with Crippen LogP contribution in [0.2, 0.25) is 0 Å². The summed E-state index contributed by atoms with van der Waals surface area (Å²) in [5.41, 5.74) is 3.09. The lowest BCUT2D eigenvalue weighted by Crippen LogP contribution is -2.27. The smallest absolute Gasteiger partial charge is 0.419 e. The third-order valence-electron chi connectivity index (χ3n) is 6.17. The van der Waals surface area contributed by atoms with Crippen molar-refractivity contribution in [3.05, 3.63) is 59.9 Å². The molecule has 0 saturated carbocycles. The minimum absolute atomic E-state index is 0.454. The monoisotopic (exact) mass is 512 g/mol. The van der Waals surface area contributed by atoms with Crippen molar-refractivity contribution in [2.24, 2.45) is 0 Å². The lowest BCUT2D eigenvalue weighted by atomic mass is 10.1. The van der Waals surface area contributed by atoms with Crippen molar-refractivity contribution in [1.82, 2.24) is 9.55 Å². The van der Waals surface area contributed by atoms with Crippen LogP contribution in [0.25, 0.3) is 21.8 Å². The third-order valence-corrected chi connectivity index (χ3v) is 10.2. The second kappa shape index (κ2) is 8.84. The van der Waals surface area contributed by atoms with Crippen LogP contribution in [0.15, 0.2) is 48.8 Å². The summed E-state index contributed by atoms with van der Waals surface area (Å²) >= 11 is 0. The summed E-state index contributed by atoms with van der Waals surface area (Å²) < 4.78 is 33.8. The molecule has 0 spiro atoms. The van der Waals surface area contributed by atoms with Gasteiger partial charge in [0.1, 0.15) is 19.9 Å². The molecule has 1 atom stereocenters. The molecule has 0 bridgehead atoms. The van der Waals surface area contributed by atoms with Gasteiger partial charge in [-0.15, -0.1) is 0 Å². The molecule has 0 amide bonds. The number of carbonyl (C=O) groups is 1. The van der Waals surface area contributed by atoms with E-state index in [9.17, 15) is 13.9 Å². The lowest BCUT2D eigenvalue weighted by molar-refractivity contribution is 0.0544. The van der Waals surface area contributed by atoms with Crippen molar-refractivity contribution < 1.29 is 18.7 Å². The second-order valence-electron chi connectivity index (χ2n) is 10.9. The Balaban J connectivity index is 1.68. The normalized spacial score (nSPS) is 14.4. The highest BCUT2D eigenvalue weighted by Gasteiger charge is 2.27. The maximum atomic E-state index is 14.1. The number of carbonyl (C=O) groups excluding carboxylic acids is 1. The zero-order valence-electron chi connectivity index (χ0n) is 21.5. The van der Waals surface area contributed by atoms with Crippen LogP contribution in [-0.2, 0) is 20.3 Å². The predicted octanol–water partition coefficient (Wildman–Crippen LogP) is 6.32. The number of hydrogen-bond donors (Lipinski definition) is 1. The van der Waals surface area contributed by atoms with Crippen molar-refractivity contribution in [2.75, 3.05) is 26.2 Å². The first-order valence-electron chi connectivity index (χ1n) is 11.7. The average Bonchev–Trinajstić information content (AvgIpc) is 3.32. The predicted molar refractivity (Wildman–Crippen MR) is 147 cm³/mol. The number of benzene rings is 2. The standard InChI is InChI=1S/C27H34N2O4P2/c1-18-8-11-23-21(14-18)25(17-29(23)26(30)33-27(2,3)4)35(7,32)13-12-19-9-10-22-20(15-19)24(16-28-22)34(5,6)31/h8-11,14-17,28H,12-13H2,1-7H3. The molecule has 0 aliphatic carbocycles. The largest absolute Gasteiger partial charge is 0.443 e. The quantitative estimate of drug-likeness (QED) is 0.317. The fourth-order valence-electron chi connectivity index (χ4n) is 4.38. The van der Waals surface area contributed by atoms with E-state index in [1.165, 1.54) is 4.57 Å². The van der Waals surface area contributed by atoms with Crippen LogP contribution in [0.5, 0.6) is 0 Å². The van der Waals surface area contributed by atoms with Crippen LogP contribution >= 0.6 is 14.3 Å². The van der Waals surface area contributed by atoms with Crippen molar-refractivity contribution in [2.45, 2.75) is 39.7 Å². The van der Waals surface area contributed by atoms with E-state index in [2.05, 4.69) is 11.1 Å². The van der Waals surface area contributed by atoms with Gasteiger partial charge in [-0.05, 0) is 83.9 Å². The Bertz CT molecular complexity index is 1530. The van der Waals surface area contributed by atoms with E-state index in [-0.39, 0.29) is 0 Å². The maximum Gasteiger partial charge on any atom is 0.419 e. The number of aromatic nitrogens is 2. The molecule has 0 fully saturated rings. The van der Waals surface area contributed by atoms with E-state index in [1.807, 2.05) is 64.2 Å². The molecule has 2 aromatic heterocycles. The fourth-order valence-corrected chi connectivity index (χ4v) is 7.50. The van der Waals surface area contributed by atoms with Crippen LogP contribution in [0.1, 0.15) is 31.9 Å². The van der Waals surface area contributed by atoms with E-state index in [1.54, 1.807) is 26.2 Å². The van der Waals surface area contributed by atoms with Crippen LogP contribution in [-0.4, -0.2) is 47.4 Å². The summed E-state index contributed by atoms with van der Waals surface area (Å²) in [5, 5.41) is 3.31. The lowest BCUT2D eigenvalue weighted by Gasteiger charge is -2.19.